The van der Waals surface area contributed by atoms with E-state index in [0.717, 1.165) is 24.5 Å². The van der Waals surface area contributed by atoms with E-state index in [1.165, 1.54) is 4.52 Å². The second kappa shape index (κ2) is 5.03. The van der Waals surface area contributed by atoms with Gasteiger partial charge in [0, 0.05) is 30.6 Å². The van der Waals surface area contributed by atoms with Crippen molar-refractivity contribution < 1.29 is 5.02 Å². The highest BCUT2D eigenvalue weighted by Gasteiger charge is 2.27. The van der Waals surface area contributed by atoms with Gasteiger partial charge in [-0.2, -0.15) is 0 Å². The first kappa shape index (κ1) is 12.8. The second-order valence-corrected chi connectivity index (χ2v) is 5.97. The van der Waals surface area contributed by atoms with Crippen LogP contribution in [0.4, 0.5) is 0 Å². The van der Waals surface area contributed by atoms with E-state index in [1.54, 1.807) is 36.9 Å². The summed E-state index contributed by atoms with van der Waals surface area (Å²) in [5.41, 5.74) is 1.33. The van der Waals surface area contributed by atoms with Crippen molar-refractivity contribution >= 4 is 24.5 Å². The first-order valence-corrected chi connectivity index (χ1v) is 7.31. The van der Waals surface area contributed by atoms with Crippen LogP contribution in [0.1, 0.15) is 10.9 Å². The molecule has 0 radical (unpaired) electrons. The number of nitrogens with one attached hydrogen (secondary N) is 1. The zero-order valence-corrected chi connectivity index (χ0v) is 11.4. The quantitative estimate of drug-likeness (QED) is 0.769. The van der Waals surface area contributed by atoms with Gasteiger partial charge in [0.25, 0.3) is 5.56 Å². The fraction of sp³-hybridized carbons (Fsp3) is 0.455. The molecule has 100 valence electrons. The van der Waals surface area contributed by atoms with Gasteiger partial charge < -0.3 is 9.83 Å². The van der Waals surface area contributed by atoms with Crippen LogP contribution in [-0.2, 0) is 0 Å². The molecule has 0 aromatic carbocycles. The largest absolute Gasteiger partial charge is 0.437 e. The van der Waals surface area contributed by atoms with E-state index in [9.17, 15) is 9.82 Å². The van der Waals surface area contributed by atoms with Gasteiger partial charge >= 0.3 is 7.05 Å². The Kier molecular flexibility index (Phi) is 3.38. The number of aromatic amines is 1. The Labute approximate surface area is 114 Å². The minimum absolute atomic E-state index is 0.0974. The van der Waals surface area contributed by atoms with E-state index in [1.807, 2.05) is 4.81 Å². The lowest BCUT2D eigenvalue weighted by atomic mass is 9.84. The molecule has 1 aliphatic heterocycles. The average Bonchev–Trinajstić information content (AvgIpc) is 2.87. The van der Waals surface area contributed by atoms with Crippen molar-refractivity contribution in [1.82, 2.24) is 19.4 Å². The molecule has 1 saturated heterocycles. The molecule has 2 N–H and O–H groups in total. The highest BCUT2D eigenvalue weighted by Crippen LogP contribution is 2.31. The summed E-state index contributed by atoms with van der Waals surface area (Å²) in [5.74, 6) is 0.934. The molecular weight excluding hydrogens is 263 g/mol. The van der Waals surface area contributed by atoms with Gasteiger partial charge in [-0.05, 0) is 13.4 Å². The van der Waals surface area contributed by atoms with Crippen molar-refractivity contribution in [2.45, 2.75) is 12.1 Å². The molecule has 0 aliphatic carbocycles. The Hall–Kier alpha value is -1.25. The van der Waals surface area contributed by atoms with Gasteiger partial charge in [-0.3, -0.25) is 9.89 Å². The fourth-order valence-electron chi connectivity index (χ4n) is 2.30. The summed E-state index contributed by atoms with van der Waals surface area (Å²) < 4.78 is 1.42. The van der Waals surface area contributed by atoms with Crippen molar-refractivity contribution in [2.75, 3.05) is 18.8 Å². The monoisotopic (exact) mass is 278 g/mol. The first-order chi connectivity index (χ1) is 9.15. The van der Waals surface area contributed by atoms with Gasteiger partial charge in [0.15, 0.2) is 5.65 Å². The number of aromatic nitrogens is 3. The van der Waals surface area contributed by atoms with Crippen LogP contribution in [0.2, 0.25) is 6.82 Å². The molecule has 0 spiro atoms. The van der Waals surface area contributed by atoms with E-state index in [2.05, 4.69) is 10.1 Å². The van der Waals surface area contributed by atoms with Crippen LogP contribution in [0.5, 0.6) is 0 Å². The summed E-state index contributed by atoms with van der Waals surface area (Å²) in [4.78, 5) is 18.5. The van der Waals surface area contributed by atoms with E-state index < -0.39 is 7.05 Å². The summed E-state index contributed by atoms with van der Waals surface area (Å²) >= 11 is 1.78. The van der Waals surface area contributed by atoms with Crippen LogP contribution >= 0.6 is 11.8 Å². The van der Waals surface area contributed by atoms with Crippen LogP contribution < -0.4 is 5.56 Å². The molecule has 2 aromatic heterocycles. The number of nitrogens with zero attached hydrogens (tertiary/aromatic N) is 3. The lowest BCUT2D eigenvalue weighted by molar-refractivity contribution is 0.373. The zero-order chi connectivity index (χ0) is 13.4. The molecule has 0 amide bonds. The standard InChI is InChI=1S/C11H15BN4O2S/c1-12(18)15-4-5-19-9(7-15)8-6-11(17)16-10(14-8)2-3-13-16/h2-3,6,9,13,18H,4-5,7H2,1H3. The minimum atomic E-state index is -0.458. The van der Waals surface area contributed by atoms with Gasteiger partial charge in [0.1, 0.15) is 0 Å². The number of fused-ring (bicyclic) bond motifs is 1. The summed E-state index contributed by atoms with van der Waals surface area (Å²) in [5, 5.41) is 12.6. The molecule has 0 bridgehead atoms. The van der Waals surface area contributed by atoms with Gasteiger partial charge in [-0.15, -0.1) is 11.8 Å². The Balaban J connectivity index is 1.93. The topological polar surface area (TPSA) is 73.6 Å². The molecule has 3 heterocycles. The van der Waals surface area contributed by atoms with E-state index in [-0.39, 0.29) is 10.8 Å². The van der Waals surface area contributed by atoms with Crippen molar-refractivity contribution in [1.29, 1.82) is 0 Å². The maximum atomic E-state index is 11.9. The molecule has 6 nitrogen and oxygen atoms in total. The van der Waals surface area contributed by atoms with E-state index in [0.29, 0.717) is 5.65 Å². The number of hydrogen-bond donors (Lipinski definition) is 2. The smallest absolute Gasteiger partial charge is 0.376 e. The third kappa shape index (κ3) is 2.43. The zero-order valence-electron chi connectivity index (χ0n) is 10.6. The SMILES string of the molecule is CB(O)N1CCSC(c2cc(=O)n3[nH]ccc3n2)C1. The van der Waals surface area contributed by atoms with Crippen LogP contribution in [0, 0.1) is 0 Å². The highest BCUT2D eigenvalue weighted by atomic mass is 32.2. The molecule has 0 saturated carbocycles. The minimum Gasteiger partial charge on any atom is -0.437 e. The highest BCUT2D eigenvalue weighted by molar-refractivity contribution is 7.99. The average molecular weight is 278 g/mol. The Morgan fingerprint density at radius 1 is 1.63 bits per heavy atom. The molecule has 1 aliphatic rings. The van der Waals surface area contributed by atoms with Gasteiger partial charge in [0.05, 0.1) is 10.9 Å². The second-order valence-electron chi connectivity index (χ2n) is 4.66. The summed E-state index contributed by atoms with van der Waals surface area (Å²) in [6.07, 6.45) is 1.70. The third-order valence-electron chi connectivity index (χ3n) is 3.36. The molecule has 1 unspecified atom stereocenters. The van der Waals surface area contributed by atoms with Crippen molar-refractivity contribution in [3.63, 3.8) is 0 Å². The molecule has 2 aromatic rings. The third-order valence-corrected chi connectivity index (χ3v) is 4.57. The Bertz CT molecular complexity index is 641. The van der Waals surface area contributed by atoms with E-state index in [4.69, 9.17) is 0 Å². The number of thioether (sulfide) groups is 1. The molecule has 3 rings (SSSR count). The maximum Gasteiger partial charge on any atom is 0.376 e. The van der Waals surface area contributed by atoms with Gasteiger partial charge in [-0.25, -0.2) is 9.50 Å². The summed E-state index contributed by atoms with van der Waals surface area (Å²) in [6.45, 7) is 3.35. The number of H-pyrrole nitrogens is 1. The summed E-state index contributed by atoms with van der Waals surface area (Å²) in [7, 11) is -0.458. The molecule has 1 atom stereocenters. The maximum absolute atomic E-state index is 11.9. The number of hydrogen-bond acceptors (Lipinski definition) is 5. The Morgan fingerprint density at radius 3 is 3.26 bits per heavy atom. The first-order valence-electron chi connectivity index (χ1n) is 6.26. The van der Waals surface area contributed by atoms with Gasteiger partial charge in [-0.1, -0.05) is 0 Å². The van der Waals surface area contributed by atoms with E-state index >= 15 is 0 Å². The lowest BCUT2D eigenvalue weighted by Crippen LogP contribution is -2.43. The van der Waals surface area contributed by atoms with Crippen LogP contribution in [-0.4, -0.2) is 50.3 Å². The van der Waals surface area contributed by atoms with Crippen molar-refractivity contribution in [3.05, 3.63) is 34.4 Å². The predicted molar refractivity (Wildman–Crippen MR) is 76.4 cm³/mol. The van der Waals surface area contributed by atoms with Crippen LogP contribution in [0.15, 0.2) is 23.1 Å². The summed E-state index contributed by atoms with van der Waals surface area (Å²) in [6, 6.07) is 3.36. The molecule has 19 heavy (non-hydrogen) atoms. The predicted octanol–water partition coefficient (Wildman–Crippen LogP) is 0.223. The van der Waals surface area contributed by atoms with Crippen molar-refractivity contribution in [2.24, 2.45) is 0 Å². The van der Waals surface area contributed by atoms with Crippen molar-refractivity contribution in [3.8, 4) is 0 Å². The van der Waals surface area contributed by atoms with Crippen LogP contribution in [0.25, 0.3) is 5.65 Å². The number of rotatable bonds is 2. The fourth-order valence-corrected chi connectivity index (χ4v) is 3.51. The lowest BCUT2D eigenvalue weighted by Gasteiger charge is -2.32. The molecular formula is C11H15BN4O2S. The van der Waals surface area contributed by atoms with Gasteiger partial charge in [0.2, 0.25) is 0 Å². The molecule has 8 heteroatoms. The molecule has 1 fully saturated rings. The normalized spacial score (nSPS) is 20.8. The Morgan fingerprint density at radius 2 is 2.47 bits per heavy atom. The van der Waals surface area contributed by atoms with Crippen LogP contribution in [0.3, 0.4) is 0 Å².